The number of carbonyl (C=O) groups is 2. The zero-order valence-electron chi connectivity index (χ0n) is 17.1. The Hall–Kier alpha value is -3.15. The summed E-state index contributed by atoms with van der Waals surface area (Å²) in [6, 6.07) is 12.7. The van der Waals surface area contributed by atoms with Crippen molar-refractivity contribution in [2.24, 2.45) is 0 Å². The van der Waals surface area contributed by atoms with Crippen LogP contribution >= 0.6 is 0 Å². The lowest BCUT2D eigenvalue weighted by Gasteiger charge is -2.24. The molecule has 2 aliphatic rings. The summed E-state index contributed by atoms with van der Waals surface area (Å²) in [7, 11) is 0. The van der Waals surface area contributed by atoms with E-state index in [2.05, 4.69) is 6.07 Å². The molecule has 1 fully saturated rings. The Kier molecular flexibility index (Phi) is 4.61. The lowest BCUT2D eigenvalue weighted by Crippen LogP contribution is -2.39. The van der Waals surface area contributed by atoms with Gasteiger partial charge in [-0.2, -0.15) is 0 Å². The quantitative estimate of drug-likeness (QED) is 0.593. The lowest BCUT2D eigenvalue weighted by atomic mass is 9.82. The maximum absolute atomic E-state index is 15.8. The Labute approximate surface area is 179 Å². The Balaban J connectivity index is 1.71. The van der Waals surface area contributed by atoms with Crippen molar-refractivity contribution in [3.63, 3.8) is 0 Å². The summed E-state index contributed by atoms with van der Waals surface area (Å²) in [5.41, 5.74) is 1.54. The summed E-state index contributed by atoms with van der Waals surface area (Å²) in [4.78, 5) is 23.4. The SMILES string of the molecule is O=C(O)c1ccc2cc3n(c2c1)CC(F)(C(=O)O)Cc1cc(C2CCCCC2)ccc1-3. The fraction of sp³-hybridized carbons (Fsp3) is 0.360. The Morgan fingerprint density at radius 2 is 1.77 bits per heavy atom. The number of aromatic nitrogens is 1. The first-order valence-corrected chi connectivity index (χ1v) is 10.8. The number of aliphatic carboxylic acids is 1. The van der Waals surface area contributed by atoms with Crippen molar-refractivity contribution in [3.05, 3.63) is 59.2 Å². The van der Waals surface area contributed by atoms with Crippen LogP contribution in [0.25, 0.3) is 22.2 Å². The van der Waals surface area contributed by atoms with Crippen LogP contribution in [0, 0.1) is 0 Å². The van der Waals surface area contributed by atoms with E-state index in [1.807, 2.05) is 18.2 Å². The van der Waals surface area contributed by atoms with Gasteiger partial charge in [0.05, 0.1) is 12.1 Å². The summed E-state index contributed by atoms with van der Waals surface area (Å²) < 4.78 is 17.4. The maximum Gasteiger partial charge on any atom is 0.343 e. The number of hydrogen-bond acceptors (Lipinski definition) is 2. The molecule has 0 bridgehead atoms. The van der Waals surface area contributed by atoms with E-state index in [1.165, 1.54) is 31.4 Å². The molecule has 1 unspecified atom stereocenters. The Bertz CT molecular complexity index is 1210. The number of aromatic carboxylic acids is 1. The van der Waals surface area contributed by atoms with Crippen LogP contribution in [0.3, 0.4) is 0 Å². The standard InChI is InChI=1S/C25H24FNO4/c26-25(24(30)31)13-19-10-16(15-4-2-1-3-5-15)8-9-20(19)22-11-17-6-7-18(23(28)29)12-21(17)27(22)14-25/h6-12,15H,1-5,13-14H2,(H,28,29)(H,30,31). The molecule has 1 aromatic heterocycles. The van der Waals surface area contributed by atoms with E-state index in [4.69, 9.17) is 0 Å². The summed E-state index contributed by atoms with van der Waals surface area (Å²) in [6.07, 6.45) is 5.62. The van der Waals surface area contributed by atoms with E-state index < -0.39 is 17.6 Å². The molecule has 2 aromatic carbocycles. The molecule has 0 spiro atoms. The smallest absolute Gasteiger partial charge is 0.343 e. The third kappa shape index (κ3) is 3.30. The van der Waals surface area contributed by atoms with Crippen LogP contribution in [0.2, 0.25) is 0 Å². The summed E-state index contributed by atoms with van der Waals surface area (Å²) in [5.74, 6) is -2.14. The minimum atomic E-state index is -2.48. The predicted octanol–water partition coefficient (Wildman–Crippen LogP) is 5.40. The molecule has 0 amide bonds. The maximum atomic E-state index is 15.8. The highest BCUT2D eigenvalue weighted by Crippen LogP contribution is 2.41. The van der Waals surface area contributed by atoms with E-state index in [1.54, 1.807) is 10.6 Å². The van der Waals surface area contributed by atoms with Crippen LogP contribution in [0.1, 0.15) is 59.5 Å². The van der Waals surface area contributed by atoms with E-state index >= 15 is 4.39 Å². The molecule has 160 valence electrons. The Morgan fingerprint density at radius 1 is 1.00 bits per heavy atom. The number of nitrogens with zero attached hydrogens (tertiary/aromatic N) is 1. The predicted molar refractivity (Wildman–Crippen MR) is 115 cm³/mol. The summed E-state index contributed by atoms with van der Waals surface area (Å²) >= 11 is 0. The highest BCUT2D eigenvalue weighted by Gasteiger charge is 2.43. The molecule has 1 atom stereocenters. The molecule has 2 N–H and O–H groups in total. The van der Waals surface area contributed by atoms with Gasteiger partial charge in [0.25, 0.3) is 0 Å². The number of halogens is 1. The van der Waals surface area contributed by atoms with Gasteiger partial charge in [-0.05, 0) is 48.1 Å². The van der Waals surface area contributed by atoms with Crippen molar-refractivity contribution in [2.45, 2.75) is 56.7 Å². The second-order valence-electron chi connectivity index (χ2n) is 8.89. The number of fused-ring (bicyclic) bond motifs is 5. The number of benzene rings is 2. The molecular weight excluding hydrogens is 397 g/mol. The molecule has 3 aromatic rings. The minimum absolute atomic E-state index is 0.0882. The molecular formula is C25H24FNO4. The van der Waals surface area contributed by atoms with Crippen LogP contribution in [-0.2, 0) is 17.8 Å². The van der Waals surface area contributed by atoms with Crippen LogP contribution in [0.15, 0.2) is 42.5 Å². The molecule has 6 heteroatoms. The van der Waals surface area contributed by atoms with Gasteiger partial charge < -0.3 is 14.8 Å². The van der Waals surface area contributed by atoms with E-state index in [0.29, 0.717) is 17.0 Å². The molecule has 1 aliphatic carbocycles. The van der Waals surface area contributed by atoms with Crippen molar-refractivity contribution in [1.29, 1.82) is 0 Å². The van der Waals surface area contributed by atoms with Gasteiger partial charge in [-0.15, -0.1) is 0 Å². The second kappa shape index (κ2) is 7.22. The Morgan fingerprint density at radius 3 is 2.48 bits per heavy atom. The van der Waals surface area contributed by atoms with Gasteiger partial charge in [-0.1, -0.05) is 43.5 Å². The van der Waals surface area contributed by atoms with Gasteiger partial charge in [0.15, 0.2) is 0 Å². The van der Waals surface area contributed by atoms with Gasteiger partial charge in [0, 0.05) is 28.6 Å². The van der Waals surface area contributed by atoms with E-state index in [9.17, 15) is 19.8 Å². The molecule has 5 rings (SSSR count). The number of hydrogen-bond donors (Lipinski definition) is 2. The largest absolute Gasteiger partial charge is 0.479 e. The van der Waals surface area contributed by atoms with Crippen LogP contribution < -0.4 is 0 Å². The average Bonchev–Trinajstić information content (AvgIpc) is 3.04. The normalized spacial score (nSPS) is 21.3. The number of rotatable bonds is 3. The van der Waals surface area contributed by atoms with Crippen molar-refractivity contribution in [1.82, 2.24) is 4.57 Å². The van der Waals surface area contributed by atoms with E-state index in [-0.39, 0.29) is 18.5 Å². The van der Waals surface area contributed by atoms with Gasteiger partial charge in [-0.25, -0.2) is 14.0 Å². The average molecular weight is 421 g/mol. The molecule has 0 saturated heterocycles. The van der Waals surface area contributed by atoms with Gasteiger partial charge in [0.2, 0.25) is 5.67 Å². The zero-order chi connectivity index (χ0) is 21.8. The molecule has 1 aliphatic heterocycles. The van der Waals surface area contributed by atoms with Crippen molar-refractivity contribution in [3.8, 4) is 11.3 Å². The topological polar surface area (TPSA) is 79.5 Å². The molecule has 5 nitrogen and oxygen atoms in total. The fourth-order valence-corrected chi connectivity index (χ4v) is 5.23. The van der Waals surface area contributed by atoms with Crippen LogP contribution in [-0.4, -0.2) is 32.4 Å². The first-order chi connectivity index (χ1) is 14.9. The fourth-order valence-electron chi connectivity index (χ4n) is 5.23. The van der Waals surface area contributed by atoms with Crippen molar-refractivity contribution in [2.75, 3.05) is 0 Å². The van der Waals surface area contributed by atoms with Gasteiger partial charge in [0.1, 0.15) is 0 Å². The number of carboxylic acid groups (broad SMARTS) is 2. The minimum Gasteiger partial charge on any atom is -0.479 e. The first kappa shape index (κ1) is 19.8. The third-order valence-corrected chi connectivity index (χ3v) is 6.90. The van der Waals surface area contributed by atoms with Crippen molar-refractivity contribution < 1.29 is 24.2 Å². The highest BCUT2D eigenvalue weighted by atomic mass is 19.1. The molecule has 1 saturated carbocycles. The third-order valence-electron chi connectivity index (χ3n) is 6.90. The lowest BCUT2D eigenvalue weighted by molar-refractivity contribution is -0.151. The van der Waals surface area contributed by atoms with Crippen molar-refractivity contribution >= 4 is 22.8 Å². The monoisotopic (exact) mass is 421 g/mol. The highest BCUT2D eigenvalue weighted by molar-refractivity contribution is 5.96. The number of alkyl halides is 1. The summed E-state index contributed by atoms with van der Waals surface area (Å²) in [6.45, 7) is -0.363. The van der Waals surface area contributed by atoms with Crippen LogP contribution in [0.5, 0.6) is 0 Å². The van der Waals surface area contributed by atoms with Gasteiger partial charge in [-0.3, -0.25) is 0 Å². The number of carboxylic acids is 2. The molecule has 2 heterocycles. The summed E-state index contributed by atoms with van der Waals surface area (Å²) in [5, 5.41) is 19.9. The molecule has 31 heavy (non-hydrogen) atoms. The van der Waals surface area contributed by atoms with Gasteiger partial charge >= 0.3 is 11.9 Å². The first-order valence-electron chi connectivity index (χ1n) is 10.8. The zero-order valence-corrected chi connectivity index (χ0v) is 17.1. The second-order valence-corrected chi connectivity index (χ2v) is 8.89. The van der Waals surface area contributed by atoms with Crippen LogP contribution in [0.4, 0.5) is 4.39 Å². The molecule has 0 radical (unpaired) electrons. The van der Waals surface area contributed by atoms with E-state index in [0.717, 1.165) is 35.0 Å².